The van der Waals surface area contributed by atoms with Gasteiger partial charge in [-0.1, -0.05) is 250 Å². The molecule has 0 bridgehead atoms. The number of carbonyl (C=O) groups excluding carboxylic acids is 2. The monoisotopic (exact) mass is 1140 g/mol. The Morgan fingerprint density at radius 2 is 0.704 bits per heavy atom. The Kier molecular flexibility index (Phi) is 57.4. The fourth-order valence-corrected chi connectivity index (χ4v) is 8.91. The van der Waals surface area contributed by atoms with Crippen molar-refractivity contribution < 1.29 is 42.1 Å². The summed E-state index contributed by atoms with van der Waals surface area (Å²) in [5, 5.41) is 0. The van der Waals surface area contributed by atoms with Crippen molar-refractivity contribution in [1.29, 1.82) is 0 Å². The van der Waals surface area contributed by atoms with E-state index in [0.29, 0.717) is 23.9 Å². The molecule has 460 valence electrons. The second-order valence-electron chi connectivity index (χ2n) is 22.0. The summed E-state index contributed by atoms with van der Waals surface area (Å²) >= 11 is 0. The van der Waals surface area contributed by atoms with E-state index in [2.05, 4.69) is 160 Å². The third-order valence-corrected chi connectivity index (χ3v) is 14.1. The van der Waals surface area contributed by atoms with Crippen LogP contribution in [0.2, 0.25) is 0 Å². The first-order valence-electron chi connectivity index (χ1n) is 32.0. The maximum absolute atomic E-state index is 12.8. The molecular formula is C71H118NO8P. The lowest BCUT2D eigenvalue weighted by Crippen LogP contribution is -2.37. The standard InChI is InChI=1S/C71H118NO8P/c1-6-8-10-12-14-16-18-20-22-24-25-26-27-28-29-30-31-32-33-34-35-36-37-38-39-40-41-42-43-44-45-46-47-48-50-52-54-56-58-60-62-64-71(74)80-69(68-79-81(75,76)78-66-65-72(3,4)5)67-77-70(73)63-61-59-57-55-53-51-49-23-21-19-17-15-13-11-9-7-2/h8,10,14,16-17,19-20,22-23,25-26,28-29,31-32,34-35,37-38,40-41,43-44,49,69H,6-7,9,11-13,15,18,21,24,27,30,33,36,39,42,45-48,50-68H2,1-5H3/b10-8-,16-14-,19-17-,22-20-,26-25-,29-28-,32-31-,35-34-,38-37-,41-40-,44-43-,49-23-. The molecule has 0 saturated carbocycles. The molecule has 0 fully saturated rings. The minimum atomic E-state index is -4.65. The molecule has 0 radical (unpaired) electrons. The Balaban J connectivity index is 4.10. The van der Waals surface area contributed by atoms with E-state index >= 15 is 0 Å². The lowest BCUT2D eigenvalue weighted by molar-refractivity contribution is -0.870. The van der Waals surface area contributed by atoms with Gasteiger partial charge < -0.3 is 27.9 Å². The molecule has 0 aromatic rings. The van der Waals surface area contributed by atoms with E-state index < -0.39 is 32.5 Å². The molecule has 0 saturated heterocycles. The van der Waals surface area contributed by atoms with Crippen LogP contribution in [0, 0.1) is 0 Å². The SMILES string of the molecule is CC/C=C\C/C=C\C/C=C\C/C=C\C/C=C\C/C=C\C/C=C\C/C=C\C/C=C\C/C=C\CCCCCCCCCCCCC(=O)OC(COC(=O)CCCCCCC/C=C\C/C=C\CCCCCC)COP(=O)([O-])OCC[N+](C)(C)C. The van der Waals surface area contributed by atoms with Crippen molar-refractivity contribution in [2.45, 2.75) is 245 Å². The molecule has 2 unspecified atom stereocenters. The molecule has 0 aliphatic rings. The van der Waals surface area contributed by atoms with Crippen molar-refractivity contribution in [3.63, 3.8) is 0 Å². The van der Waals surface area contributed by atoms with Crippen molar-refractivity contribution in [1.82, 2.24) is 0 Å². The van der Waals surface area contributed by atoms with E-state index in [0.717, 1.165) is 128 Å². The maximum Gasteiger partial charge on any atom is 0.306 e. The Morgan fingerprint density at radius 1 is 0.395 bits per heavy atom. The average Bonchev–Trinajstić information content (AvgIpc) is 3.43. The minimum absolute atomic E-state index is 0.0406. The third kappa shape index (κ3) is 64.9. The zero-order chi connectivity index (χ0) is 59.1. The zero-order valence-corrected chi connectivity index (χ0v) is 53.1. The van der Waals surface area contributed by atoms with Gasteiger partial charge in [-0.15, -0.1) is 0 Å². The fourth-order valence-electron chi connectivity index (χ4n) is 8.18. The lowest BCUT2D eigenvalue weighted by Gasteiger charge is -2.28. The molecule has 0 aromatic heterocycles. The smallest absolute Gasteiger partial charge is 0.306 e. The largest absolute Gasteiger partial charge is 0.756 e. The van der Waals surface area contributed by atoms with Crippen LogP contribution < -0.4 is 4.89 Å². The second kappa shape index (κ2) is 60.5. The van der Waals surface area contributed by atoms with Crippen molar-refractivity contribution in [3.05, 3.63) is 146 Å². The van der Waals surface area contributed by atoms with Gasteiger partial charge in [0.1, 0.15) is 19.8 Å². The Labute approximate surface area is 497 Å². The van der Waals surface area contributed by atoms with Crippen molar-refractivity contribution in [3.8, 4) is 0 Å². The first kappa shape index (κ1) is 76.9. The maximum atomic E-state index is 12.8. The molecule has 9 nitrogen and oxygen atoms in total. The van der Waals surface area contributed by atoms with Crippen molar-refractivity contribution in [2.24, 2.45) is 0 Å². The average molecular weight is 1140 g/mol. The van der Waals surface area contributed by atoms with Gasteiger partial charge in [0.15, 0.2) is 6.10 Å². The summed E-state index contributed by atoms with van der Waals surface area (Å²) < 4.78 is 34.1. The molecular weight excluding hydrogens is 1030 g/mol. The van der Waals surface area contributed by atoms with Crippen LogP contribution in [0.3, 0.4) is 0 Å². The van der Waals surface area contributed by atoms with Crippen LogP contribution in [0.15, 0.2) is 146 Å². The first-order chi connectivity index (χ1) is 39.5. The Morgan fingerprint density at radius 3 is 1.05 bits per heavy atom. The van der Waals surface area contributed by atoms with Gasteiger partial charge in [-0.3, -0.25) is 14.2 Å². The summed E-state index contributed by atoms with van der Waals surface area (Å²) in [5.74, 6) is -0.861. The van der Waals surface area contributed by atoms with Crippen LogP contribution in [0.4, 0.5) is 0 Å². The zero-order valence-electron chi connectivity index (χ0n) is 52.2. The minimum Gasteiger partial charge on any atom is -0.756 e. The molecule has 0 amide bonds. The summed E-state index contributed by atoms with van der Waals surface area (Å²) in [6.45, 7) is 4.07. The van der Waals surface area contributed by atoms with Crippen LogP contribution >= 0.6 is 7.82 Å². The quantitative estimate of drug-likeness (QED) is 0.0195. The number of quaternary nitrogens is 1. The molecule has 0 aromatic carbocycles. The number of likely N-dealkylation sites (N-methyl/N-ethyl adjacent to an activating group) is 1. The number of unbranched alkanes of at least 4 members (excludes halogenated alkanes) is 19. The van der Waals surface area contributed by atoms with E-state index in [1.54, 1.807) is 0 Å². The number of allylic oxidation sites excluding steroid dienone is 24. The highest BCUT2D eigenvalue weighted by molar-refractivity contribution is 7.45. The Hall–Kier alpha value is -4.11. The Bertz CT molecular complexity index is 1880. The summed E-state index contributed by atoms with van der Waals surface area (Å²) in [4.78, 5) is 37.9. The van der Waals surface area contributed by atoms with Crippen LogP contribution in [0.1, 0.15) is 239 Å². The van der Waals surface area contributed by atoms with Gasteiger partial charge >= 0.3 is 11.9 Å². The van der Waals surface area contributed by atoms with Crippen LogP contribution in [-0.2, 0) is 32.7 Å². The molecule has 0 aliphatic heterocycles. The lowest BCUT2D eigenvalue weighted by atomic mass is 10.0. The molecule has 10 heteroatoms. The number of ether oxygens (including phenoxy) is 2. The second-order valence-corrected chi connectivity index (χ2v) is 23.4. The molecule has 0 spiro atoms. The number of hydrogen-bond acceptors (Lipinski definition) is 8. The molecule has 2 atom stereocenters. The highest BCUT2D eigenvalue weighted by atomic mass is 31.2. The van der Waals surface area contributed by atoms with Crippen LogP contribution in [0.25, 0.3) is 0 Å². The van der Waals surface area contributed by atoms with Gasteiger partial charge in [0.2, 0.25) is 0 Å². The van der Waals surface area contributed by atoms with E-state index in [9.17, 15) is 19.0 Å². The van der Waals surface area contributed by atoms with Crippen LogP contribution in [-0.4, -0.2) is 70.0 Å². The number of nitrogens with zero attached hydrogens (tertiary/aromatic N) is 1. The fraction of sp³-hybridized carbons (Fsp3) is 0.634. The van der Waals surface area contributed by atoms with E-state index in [1.165, 1.54) is 70.6 Å². The number of esters is 2. The molecule has 0 rings (SSSR count). The molecule has 0 heterocycles. The van der Waals surface area contributed by atoms with Crippen molar-refractivity contribution >= 4 is 19.8 Å². The van der Waals surface area contributed by atoms with E-state index in [1.807, 2.05) is 21.1 Å². The summed E-state index contributed by atoms with van der Waals surface area (Å²) in [6.07, 6.45) is 89.1. The molecule has 81 heavy (non-hydrogen) atoms. The van der Waals surface area contributed by atoms with Crippen LogP contribution in [0.5, 0.6) is 0 Å². The number of phosphoric ester groups is 1. The highest BCUT2D eigenvalue weighted by Gasteiger charge is 2.22. The topological polar surface area (TPSA) is 111 Å². The predicted molar refractivity (Wildman–Crippen MR) is 346 cm³/mol. The van der Waals surface area contributed by atoms with Gasteiger partial charge in [0.05, 0.1) is 27.7 Å². The summed E-state index contributed by atoms with van der Waals surface area (Å²) in [7, 11) is 1.14. The third-order valence-electron chi connectivity index (χ3n) is 13.1. The van der Waals surface area contributed by atoms with Gasteiger partial charge in [-0.25, -0.2) is 0 Å². The predicted octanol–water partition coefficient (Wildman–Crippen LogP) is 20.0. The first-order valence-corrected chi connectivity index (χ1v) is 33.5. The van der Waals surface area contributed by atoms with Gasteiger partial charge in [-0.2, -0.15) is 0 Å². The normalized spacial score (nSPS) is 14.2. The van der Waals surface area contributed by atoms with Gasteiger partial charge in [0.25, 0.3) is 7.82 Å². The summed E-state index contributed by atoms with van der Waals surface area (Å²) in [5.41, 5.74) is 0. The number of phosphoric acid groups is 1. The molecule has 0 N–H and O–H groups in total. The number of hydrogen-bond donors (Lipinski definition) is 0. The van der Waals surface area contributed by atoms with Crippen molar-refractivity contribution in [2.75, 3.05) is 47.5 Å². The van der Waals surface area contributed by atoms with Gasteiger partial charge in [-0.05, 0) is 122 Å². The van der Waals surface area contributed by atoms with E-state index in [-0.39, 0.29) is 26.1 Å². The number of rotatable bonds is 57. The number of carbonyl (C=O) groups is 2. The summed E-state index contributed by atoms with van der Waals surface area (Å²) in [6, 6.07) is 0. The van der Waals surface area contributed by atoms with Gasteiger partial charge in [0, 0.05) is 12.8 Å². The van der Waals surface area contributed by atoms with E-state index in [4.69, 9.17) is 18.5 Å². The highest BCUT2D eigenvalue weighted by Crippen LogP contribution is 2.38. The molecule has 0 aliphatic carbocycles.